The second-order valence-corrected chi connectivity index (χ2v) is 8.91. The molecule has 174 valence electrons. The number of aliphatic hydroxyl groups is 2. The molecule has 1 heterocycles. The number of aliphatic imine (C=N–C) groups is 1. The third-order valence-corrected chi connectivity index (χ3v) is 6.05. The number of halogens is 1. The van der Waals surface area contributed by atoms with Gasteiger partial charge in [0.15, 0.2) is 0 Å². The van der Waals surface area contributed by atoms with Crippen LogP contribution in [0.3, 0.4) is 0 Å². The maximum Gasteiger partial charge on any atom is 0.119 e. The van der Waals surface area contributed by atoms with Gasteiger partial charge in [-0.2, -0.15) is 0 Å². The summed E-state index contributed by atoms with van der Waals surface area (Å²) in [5.41, 5.74) is 2.10. The van der Waals surface area contributed by atoms with Gasteiger partial charge in [0.2, 0.25) is 0 Å². The van der Waals surface area contributed by atoms with Gasteiger partial charge in [-0.05, 0) is 35.4 Å². The minimum atomic E-state index is -0.672. The minimum absolute atomic E-state index is 0.150. The third kappa shape index (κ3) is 6.94. The summed E-state index contributed by atoms with van der Waals surface area (Å²) in [6, 6.07) is 15.9. The molecule has 0 spiro atoms. The lowest BCUT2D eigenvalue weighted by Gasteiger charge is -2.27. The van der Waals surface area contributed by atoms with Crippen LogP contribution in [0.2, 0.25) is 0 Å². The Morgan fingerprint density at radius 1 is 0.938 bits per heavy atom. The second-order valence-electron chi connectivity index (χ2n) is 8.61. The molecular formula is C25H33ClN2O4. The zero-order chi connectivity index (χ0) is 23.0. The molecule has 0 aliphatic carbocycles. The molecule has 2 aromatic carbocycles. The van der Waals surface area contributed by atoms with E-state index in [0.29, 0.717) is 12.3 Å². The summed E-state index contributed by atoms with van der Waals surface area (Å²) in [4.78, 5) is 6.37. The summed E-state index contributed by atoms with van der Waals surface area (Å²) in [6.45, 7) is 7.80. The Kier molecular flexibility index (Phi) is 8.93. The van der Waals surface area contributed by atoms with Gasteiger partial charge in [0, 0.05) is 31.3 Å². The van der Waals surface area contributed by atoms with Crippen LogP contribution in [-0.2, 0) is 5.41 Å². The molecule has 0 bridgehead atoms. The van der Waals surface area contributed by atoms with Crippen molar-refractivity contribution in [3.63, 3.8) is 0 Å². The van der Waals surface area contributed by atoms with E-state index in [0.717, 1.165) is 36.5 Å². The predicted molar refractivity (Wildman–Crippen MR) is 129 cm³/mol. The molecule has 2 aromatic rings. The fourth-order valence-corrected chi connectivity index (χ4v) is 3.69. The highest BCUT2D eigenvalue weighted by Gasteiger charge is 2.23. The Hall–Kier alpha value is -2.12. The highest BCUT2D eigenvalue weighted by molar-refractivity contribution is 6.18. The Labute approximate surface area is 195 Å². The summed E-state index contributed by atoms with van der Waals surface area (Å²) < 4.78 is 11.4. The lowest BCUT2D eigenvalue weighted by Crippen LogP contribution is -2.39. The van der Waals surface area contributed by atoms with Crippen LogP contribution in [0.5, 0.6) is 11.5 Å². The first-order valence-corrected chi connectivity index (χ1v) is 11.5. The molecule has 7 heteroatoms. The van der Waals surface area contributed by atoms with E-state index >= 15 is 0 Å². The SMILES string of the molecule is CC(C)(c1ccc(OCC(O)CCl)cc1)c1ccc(OCC(O)CN2CC=NCC2)cc1. The van der Waals surface area contributed by atoms with Crippen molar-refractivity contribution in [1.29, 1.82) is 0 Å². The van der Waals surface area contributed by atoms with E-state index in [9.17, 15) is 10.2 Å². The monoisotopic (exact) mass is 460 g/mol. The van der Waals surface area contributed by atoms with E-state index in [1.807, 2.05) is 42.6 Å². The fourth-order valence-electron chi connectivity index (χ4n) is 3.60. The van der Waals surface area contributed by atoms with Gasteiger partial charge in [0.25, 0.3) is 0 Å². The summed E-state index contributed by atoms with van der Waals surface area (Å²) >= 11 is 5.60. The van der Waals surface area contributed by atoms with Crippen LogP contribution in [0.15, 0.2) is 53.5 Å². The van der Waals surface area contributed by atoms with Gasteiger partial charge in [0.05, 0.1) is 12.4 Å². The van der Waals surface area contributed by atoms with Crippen molar-refractivity contribution in [3.8, 4) is 11.5 Å². The number of alkyl halides is 1. The zero-order valence-corrected chi connectivity index (χ0v) is 19.5. The molecule has 0 aromatic heterocycles. The van der Waals surface area contributed by atoms with E-state index in [1.54, 1.807) is 0 Å². The largest absolute Gasteiger partial charge is 0.491 e. The molecule has 3 rings (SSSR count). The maximum atomic E-state index is 10.3. The van der Waals surface area contributed by atoms with Gasteiger partial charge in [0.1, 0.15) is 36.9 Å². The molecule has 6 nitrogen and oxygen atoms in total. The first-order valence-electron chi connectivity index (χ1n) is 11.0. The van der Waals surface area contributed by atoms with Crippen molar-refractivity contribution < 1.29 is 19.7 Å². The summed E-state index contributed by atoms with van der Waals surface area (Å²) in [7, 11) is 0. The normalized spacial score (nSPS) is 16.5. The Morgan fingerprint density at radius 3 is 1.94 bits per heavy atom. The molecule has 1 aliphatic heterocycles. The standard InChI is InChI=1S/C25H33ClN2O4/c1-25(2,19-3-7-23(8-4-19)31-17-21(29)15-26)20-5-9-24(10-6-20)32-18-22(30)16-28-13-11-27-12-14-28/h3-11,21-22,29-30H,12-18H2,1-2H3. The molecular weight excluding hydrogens is 428 g/mol. The average Bonchev–Trinajstić information content (AvgIpc) is 2.82. The zero-order valence-electron chi connectivity index (χ0n) is 18.8. The van der Waals surface area contributed by atoms with Crippen LogP contribution in [-0.4, -0.2) is 78.8 Å². The van der Waals surface area contributed by atoms with Crippen molar-refractivity contribution >= 4 is 17.8 Å². The van der Waals surface area contributed by atoms with Gasteiger partial charge in [-0.3, -0.25) is 9.89 Å². The van der Waals surface area contributed by atoms with E-state index in [4.69, 9.17) is 21.1 Å². The van der Waals surface area contributed by atoms with Crippen molar-refractivity contribution in [3.05, 3.63) is 59.7 Å². The molecule has 1 aliphatic rings. The number of hydrogen-bond acceptors (Lipinski definition) is 6. The molecule has 32 heavy (non-hydrogen) atoms. The number of nitrogens with zero attached hydrogens (tertiary/aromatic N) is 2. The van der Waals surface area contributed by atoms with Crippen LogP contribution in [0, 0.1) is 0 Å². The van der Waals surface area contributed by atoms with Gasteiger partial charge in [-0.15, -0.1) is 11.6 Å². The van der Waals surface area contributed by atoms with Gasteiger partial charge in [-0.1, -0.05) is 38.1 Å². The van der Waals surface area contributed by atoms with Gasteiger partial charge >= 0.3 is 0 Å². The lowest BCUT2D eigenvalue weighted by molar-refractivity contribution is 0.0734. The minimum Gasteiger partial charge on any atom is -0.491 e. The second kappa shape index (κ2) is 11.7. The molecule has 0 saturated carbocycles. The lowest BCUT2D eigenvalue weighted by atomic mass is 9.78. The fraction of sp³-hybridized carbons (Fsp3) is 0.480. The van der Waals surface area contributed by atoms with Crippen molar-refractivity contribution in [2.75, 3.05) is 45.3 Å². The summed E-state index contributed by atoms with van der Waals surface area (Å²) in [5, 5.41) is 19.8. The van der Waals surface area contributed by atoms with Crippen molar-refractivity contribution in [2.45, 2.75) is 31.5 Å². The molecule has 0 saturated heterocycles. The topological polar surface area (TPSA) is 74.5 Å². The molecule has 0 fully saturated rings. The smallest absolute Gasteiger partial charge is 0.119 e. The van der Waals surface area contributed by atoms with Crippen molar-refractivity contribution in [1.82, 2.24) is 4.90 Å². The number of aliphatic hydroxyl groups excluding tert-OH is 2. The van der Waals surface area contributed by atoms with Crippen molar-refractivity contribution in [2.24, 2.45) is 4.99 Å². The van der Waals surface area contributed by atoms with Gasteiger partial charge < -0.3 is 19.7 Å². The highest BCUT2D eigenvalue weighted by Crippen LogP contribution is 2.33. The molecule has 2 atom stereocenters. The first kappa shape index (κ1) is 24.5. The van der Waals surface area contributed by atoms with Gasteiger partial charge in [-0.25, -0.2) is 0 Å². The van der Waals surface area contributed by atoms with Crippen LogP contribution >= 0.6 is 11.6 Å². The third-order valence-electron chi connectivity index (χ3n) is 5.70. The Morgan fingerprint density at radius 2 is 1.47 bits per heavy atom. The van der Waals surface area contributed by atoms with Crippen LogP contribution in [0.1, 0.15) is 25.0 Å². The number of ether oxygens (including phenoxy) is 2. The molecule has 0 amide bonds. The molecule has 0 radical (unpaired) electrons. The Balaban J connectivity index is 1.54. The number of rotatable bonds is 11. The van der Waals surface area contributed by atoms with E-state index < -0.39 is 12.2 Å². The van der Waals surface area contributed by atoms with E-state index in [2.05, 4.69) is 35.9 Å². The summed E-state index contributed by atoms with van der Waals surface area (Å²) in [6.07, 6.45) is 0.683. The van der Waals surface area contributed by atoms with Crippen LogP contribution in [0.25, 0.3) is 0 Å². The van der Waals surface area contributed by atoms with E-state index in [1.165, 1.54) is 0 Å². The number of benzene rings is 2. The number of β-amino-alcohol motifs (C(OH)–C–C–N with tert-alkyl or cyclic N) is 1. The Bertz CT molecular complexity index is 855. The molecule has 2 N–H and O–H groups in total. The average molecular weight is 461 g/mol. The van der Waals surface area contributed by atoms with E-state index in [-0.39, 0.29) is 24.5 Å². The predicted octanol–water partition coefficient (Wildman–Crippen LogP) is 3.12. The maximum absolute atomic E-state index is 10.3. The first-order chi connectivity index (χ1) is 15.4. The van der Waals surface area contributed by atoms with Crippen LogP contribution < -0.4 is 9.47 Å². The summed E-state index contributed by atoms with van der Waals surface area (Å²) in [5.74, 6) is 1.59. The number of hydrogen-bond donors (Lipinski definition) is 2. The highest BCUT2D eigenvalue weighted by atomic mass is 35.5. The quantitative estimate of drug-likeness (QED) is 0.504. The molecule has 2 unspecified atom stereocenters. The van der Waals surface area contributed by atoms with Crippen LogP contribution in [0.4, 0.5) is 0 Å².